The molecule has 0 spiro atoms. The number of hydrogen-bond acceptors (Lipinski definition) is 8. The highest BCUT2D eigenvalue weighted by atomic mass is 32.2. The van der Waals surface area contributed by atoms with Crippen LogP contribution in [0.4, 0.5) is 11.4 Å². The Morgan fingerprint density at radius 2 is 1.52 bits per heavy atom. The fourth-order valence-corrected chi connectivity index (χ4v) is 1.90. The van der Waals surface area contributed by atoms with E-state index >= 15 is 0 Å². The molecule has 0 aliphatic heterocycles. The lowest BCUT2D eigenvalue weighted by Crippen LogP contribution is -2.22. The van der Waals surface area contributed by atoms with Gasteiger partial charge in [0.2, 0.25) is 0 Å². The molecule has 1 amide bonds. The third-order valence-corrected chi connectivity index (χ3v) is 3.12. The number of nitrogens with zero attached hydrogens (tertiary/aromatic N) is 2. The molecule has 0 atom stereocenters. The van der Waals surface area contributed by atoms with Crippen LogP contribution in [0.3, 0.4) is 0 Å². The highest BCUT2D eigenvalue weighted by molar-refractivity contribution is 7.59. The van der Waals surface area contributed by atoms with E-state index in [1.54, 1.807) is 37.3 Å². The summed E-state index contributed by atoms with van der Waals surface area (Å²) in [6.45, 7) is 3.76. The zero-order chi connectivity index (χ0) is 20.4. The highest BCUT2D eigenvalue weighted by Crippen LogP contribution is 2.25. The first-order chi connectivity index (χ1) is 12.7. The quantitative estimate of drug-likeness (QED) is 0.593. The lowest BCUT2D eigenvalue weighted by molar-refractivity contribution is 0.0952. The predicted octanol–water partition coefficient (Wildman–Crippen LogP) is 2.76. The van der Waals surface area contributed by atoms with Crippen LogP contribution >= 0.6 is 0 Å². The van der Waals surface area contributed by atoms with Crippen molar-refractivity contribution in [3.05, 3.63) is 53.6 Å². The minimum atomic E-state index is -3.11. The predicted molar refractivity (Wildman–Crippen MR) is 96.4 cm³/mol. The van der Waals surface area contributed by atoms with Crippen LogP contribution in [0.5, 0.6) is 5.75 Å². The molecule has 0 unspecified atom stereocenters. The molecule has 142 valence electrons. The van der Waals surface area contributed by atoms with Crippen molar-refractivity contribution in [2.45, 2.75) is 13.8 Å². The average molecular weight is 391 g/mol. The van der Waals surface area contributed by atoms with Gasteiger partial charge in [0.05, 0.1) is 16.9 Å². The molecule has 0 bridgehead atoms. The number of carbonyl (C=O) groups is 2. The van der Waals surface area contributed by atoms with Gasteiger partial charge in [-0.15, -0.1) is 12.6 Å². The number of nitrogens with one attached hydrogen (secondary N) is 1. The van der Waals surface area contributed by atoms with Crippen LogP contribution in [0, 0.1) is 0 Å². The van der Waals surface area contributed by atoms with E-state index in [0.29, 0.717) is 23.5 Å². The summed E-state index contributed by atoms with van der Waals surface area (Å²) in [6, 6.07) is 11.1. The molecule has 0 saturated carbocycles. The minimum Gasteiger partial charge on any atom is -0.507 e. The van der Waals surface area contributed by atoms with Crippen LogP contribution in [0.1, 0.15) is 34.6 Å². The standard InChI is InChI=1S/C17H17N3O3.O3S/c1-3-18-17(23)15-10-14(8-9-16(15)22)20-19-13-6-4-12(5-7-13)11(2)21;1-4(2)3/h4-10,22H,3H2,1-2H3,(H,18,23);. The number of rotatable bonds is 5. The number of carbonyl (C=O) groups excluding carboxylic acids is 2. The average Bonchev–Trinajstić information content (AvgIpc) is 2.61. The van der Waals surface area contributed by atoms with Crippen LogP contribution in [0.15, 0.2) is 52.7 Å². The lowest BCUT2D eigenvalue weighted by Gasteiger charge is -2.05. The summed E-state index contributed by atoms with van der Waals surface area (Å²) >= 11 is 0. The molecule has 2 aromatic carbocycles. The third-order valence-electron chi connectivity index (χ3n) is 3.12. The van der Waals surface area contributed by atoms with Crippen molar-refractivity contribution < 1.29 is 27.3 Å². The first-order valence-electron chi connectivity index (χ1n) is 7.65. The second-order valence-electron chi connectivity index (χ2n) is 5.07. The molecule has 0 aromatic heterocycles. The van der Waals surface area contributed by atoms with E-state index < -0.39 is 10.6 Å². The van der Waals surface area contributed by atoms with Gasteiger partial charge >= 0.3 is 10.6 Å². The van der Waals surface area contributed by atoms with Crippen molar-refractivity contribution in [3.63, 3.8) is 0 Å². The Hall–Kier alpha value is -3.40. The fourth-order valence-electron chi connectivity index (χ4n) is 1.90. The van der Waals surface area contributed by atoms with E-state index in [0.717, 1.165) is 0 Å². The van der Waals surface area contributed by atoms with E-state index in [2.05, 4.69) is 15.5 Å². The number of phenolic OH excluding ortho intramolecular Hbond substituents is 1. The minimum absolute atomic E-state index is 0.0152. The molecule has 2 rings (SSSR count). The van der Waals surface area contributed by atoms with Gasteiger partial charge in [-0.3, -0.25) is 9.59 Å². The van der Waals surface area contributed by atoms with Crippen molar-refractivity contribution in [3.8, 4) is 5.75 Å². The molecule has 10 heteroatoms. The van der Waals surface area contributed by atoms with Crippen LogP contribution in [-0.2, 0) is 10.6 Å². The molecule has 27 heavy (non-hydrogen) atoms. The molecular formula is C17H17N3O6S. The summed E-state index contributed by atoms with van der Waals surface area (Å²) in [5.74, 6) is -0.493. The van der Waals surface area contributed by atoms with E-state index in [9.17, 15) is 14.7 Å². The maximum Gasteiger partial charge on any atom is 0.425 e. The van der Waals surface area contributed by atoms with Gasteiger partial charge in [0.15, 0.2) is 5.78 Å². The number of ketones is 1. The van der Waals surface area contributed by atoms with Crippen molar-refractivity contribution in [2.24, 2.45) is 10.2 Å². The summed E-state index contributed by atoms with van der Waals surface area (Å²) in [5.41, 5.74) is 1.78. The lowest BCUT2D eigenvalue weighted by atomic mass is 10.1. The van der Waals surface area contributed by atoms with E-state index in [1.165, 1.54) is 19.1 Å². The van der Waals surface area contributed by atoms with Crippen LogP contribution in [0.25, 0.3) is 0 Å². The van der Waals surface area contributed by atoms with E-state index in [1.807, 2.05) is 0 Å². The van der Waals surface area contributed by atoms with E-state index in [4.69, 9.17) is 12.6 Å². The van der Waals surface area contributed by atoms with E-state index in [-0.39, 0.29) is 23.0 Å². The van der Waals surface area contributed by atoms with Gasteiger partial charge in [-0.05, 0) is 56.3 Å². The van der Waals surface area contributed by atoms with Gasteiger partial charge in [-0.1, -0.05) is 0 Å². The second kappa shape index (κ2) is 10.6. The molecule has 0 heterocycles. The van der Waals surface area contributed by atoms with Gasteiger partial charge in [0, 0.05) is 12.1 Å². The maximum absolute atomic E-state index is 11.8. The van der Waals surface area contributed by atoms with Gasteiger partial charge in [0.1, 0.15) is 5.75 Å². The molecule has 0 aliphatic rings. The van der Waals surface area contributed by atoms with Gasteiger partial charge < -0.3 is 10.4 Å². The number of azo groups is 1. The summed E-state index contributed by atoms with van der Waals surface area (Å²) in [4.78, 5) is 23.0. The largest absolute Gasteiger partial charge is 0.507 e. The van der Waals surface area contributed by atoms with Gasteiger partial charge in [0.25, 0.3) is 5.91 Å². The number of amides is 1. The van der Waals surface area contributed by atoms with Gasteiger partial charge in [-0.2, -0.15) is 10.2 Å². The smallest absolute Gasteiger partial charge is 0.425 e. The zero-order valence-corrected chi connectivity index (χ0v) is 15.4. The number of hydrogen-bond donors (Lipinski definition) is 2. The first-order valence-corrected chi connectivity index (χ1v) is 8.65. The molecule has 0 radical (unpaired) electrons. The van der Waals surface area contributed by atoms with Crippen molar-refractivity contribution in [1.82, 2.24) is 5.32 Å². The summed E-state index contributed by atoms with van der Waals surface area (Å²) in [7, 11) is -3.11. The molecule has 2 N–H and O–H groups in total. The molecule has 0 fully saturated rings. The topological polar surface area (TPSA) is 142 Å². The van der Waals surface area contributed by atoms with Crippen LogP contribution in [-0.4, -0.2) is 36.0 Å². The normalized spacial score (nSPS) is 10.0. The van der Waals surface area contributed by atoms with Crippen molar-refractivity contribution in [2.75, 3.05) is 6.54 Å². The zero-order valence-electron chi connectivity index (χ0n) is 14.5. The Morgan fingerprint density at radius 1 is 1.00 bits per heavy atom. The van der Waals surface area contributed by atoms with Crippen LogP contribution < -0.4 is 5.32 Å². The Morgan fingerprint density at radius 3 is 2.04 bits per heavy atom. The number of benzene rings is 2. The van der Waals surface area contributed by atoms with Crippen molar-refractivity contribution >= 4 is 33.7 Å². The monoisotopic (exact) mass is 391 g/mol. The van der Waals surface area contributed by atoms with Crippen LogP contribution in [0.2, 0.25) is 0 Å². The molecule has 9 nitrogen and oxygen atoms in total. The number of phenols is 1. The Balaban J connectivity index is 0.000000828. The maximum atomic E-state index is 11.8. The van der Waals surface area contributed by atoms with Crippen molar-refractivity contribution in [1.29, 1.82) is 0 Å². The second-order valence-corrected chi connectivity index (χ2v) is 5.48. The number of Topliss-reactive ketones (excluding diaryl/α,β-unsaturated/α-hetero) is 1. The number of aromatic hydroxyl groups is 1. The fraction of sp³-hybridized carbons (Fsp3) is 0.176. The molecule has 0 saturated heterocycles. The molecule has 0 aliphatic carbocycles. The summed E-state index contributed by atoms with van der Waals surface area (Å²) < 4.78 is 25.3. The first kappa shape index (κ1) is 21.6. The third kappa shape index (κ3) is 7.57. The Labute approximate surface area is 156 Å². The summed E-state index contributed by atoms with van der Waals surface area (Å²) in [6.07, 6.45) is 0. The highest BCUT2D eigenvalue weighted by Gasteiger charge is 2.10. The molecular weight excluding hydrogens is 374 g/mol. The Kier molecular flexibility index (Phi) is 8.46. The molecule has 2 aromatic rings. The Bertz CT molecular complexity index is 947. The summed E-state index contributed by atoms with van der Waals surface area (Å²) in [5, 5.41) is 20.4. The van der Waals surface area contributed by atoms with Gasteiger partial charge in [-0.25, -0.2) is 0 Å². The SMILES string of the molecule is CCNC(=O)c1cc(N=Nc2ccc(C(C)=O)cc2)ccc1O.O=S(=O)=O.